The largest absolute Gasteiger partial charge is 0.389 e. The van der Waals surface area contributed by atoms with Crippen molar-refractivity contribution in [3.05, 3.63) is 35.9 Å². The van der Waals surface area contributed by atoms with Crippen molar-refractivity contribution in [1.82, 2.24) is 0 Å². The molecule has 0 spiro atoms. The van der Waals surface area contributed by atoms with E-state index in [1.165, 1.54) is 0 Å². The third-order valence-electron chi connectivity index (χ3n) is 3.85. The van der Waals surface area contributed by atoms with Crippen molar-refractivity contribution < 1.29 is 24.1 Å². The highest BCUT2D eigenvalue weighted by molar-refractivity contribution is 9.09. The van der Waals surface area contributed by atoms with Gasteiger partial charge in [0.25, 0.3) is 0 Å². The summed E-state index contributed by atoms with van der Waals surface area (Å²) < 4.78 is 23.5. The number of aliphatic hydroxyl groups excluding tert-OH is 1. The second-order valence-electron chi connectivity index (χ2n) is 6.05. The first-order chi connectivity index (χ1) is 10.5. The normalized spacial score (nSPS) is 34.5. The standard InChI is InChI=1S/C16H21BrO5/c1-16(2)21-14-13(19-9-10-6-4-3-5-7-10)12(11(18)8-17)20-15(14)22-16/h3-7,11-15,18H,8-9H2,1-2H3/t11-,12-,13-,14-,15-/m1/s1. The highest BCUT2D eigenvalue weighted by Gasteiger charge is 2.56. The van der Waals surface area contributed by atoms with E-state index in [0.717, 1.165) is 5.56 Å². The van der Waals surface area contributed by atoms with Crippen molar-refractivity contribution >= 4 is 15.9 Å². The van der Waals surface area contributed by atoms with E-state index in [9.17, 15) is 5.11 Å². The van der Waals surface area contributed by atoms with Gasteiger partial charge in [-0.3, -0.25) is 0 Å². The predicted octanol–water partition coefficient (Wildman–Crippen LogP) is 2.20. The summed E-state index contributed by atoms with van der Waals surface area (Å²) >= 11 is 3.28. The summed E-state index contributed by atoms with van der Waals surface area (Å²) in [6, 6.07) is 9.90. The summed E-state index contributed by atoms with van der Waals surface area (Å²) in [5.74, 6) is -0.700. The van der Waals surface area contributed by atoms with Crippen molar-refractivity contribution in [2.75, 3.05) is 5.33 Å². The molecule has 2 heterocycles. The fourth-order valence-corrected chi connectivity index (χ4v) is 3.23. The first-order valence-corrected chi connectivity index (χ1v) is 8.53. The van der Waals surface area contributed by atoms with Gasteiger partial charge in [-0.25, -0.2) is 0 Å². The van der Waals surface area contributed by atoms with Gasteiger partial charge < -0.3 is 24.1 Å². The second kappa shape index (κ2) is 6.55. The predicted molar refractivity (Wildman–Crippen MR) is 83.5 cm³/mol. The molecular weight excluding hydrogens is 352 g/mol. The summed E-state index contributed by atoms with van der Waals surface area (Å²) in [5, 5.41) is 10.6. The van der Waals surface area contributed by atoms with Crippen LogP contribution in [0.5, 0.6) is 0 Å². The number of halogens is 1. The number of rotatable bonds is 5. The number of ether oxygens (including phenoxy) is 4. The smallest absolute Gasteiger partial charge is 0.190 e. The van der Waals surface area contributed by atoms with Gasteiger partial charge in [0.1, 0.15) is 18.3 Å². The maximum atomic E-state index is 10.1. The van der Waals surface area contributed by atoms with Crippen molar-refractivity contribution in [1.29, 1.82) is 0 Å². The molecule has 0 aliphatic carbocycles. The lowest BCUT2D eigenvalue weighted by Gasteiger charge is -2.28. The Morgan fingerprint density at radius 2 is 2.00 bits per heavy atom. The van der Waals surface area contributed by atoms with E-state index in [4.69, 9.17) is 18.9 Å². The molecule has 2 saturated heterocycles. The Labute approximate surface area is 138 Å². The molecule has 0 unspecified atom stereocenters. The van der Waals surface area contributed by atoms with E-state index in [1.54, 1.807) is 0 Å². The molecule has 5 nitrogen and oxygen atoms in total. The van der Waals surface area contributed by atoms with Crippen LogP contribution in [0.15, 0.2) is 30.3 Å². The minimum Gasteiger partial charge on any atom is -0.389 e. The van der Waals surface area contributed by atoms with Crippen LogP contribution >= 0.6 is 15.9 Å². The van der Waals surface area contributed by atoms with Crippen LogP contribution in [0.3, 0.4) is 0 Å². The Morgan fingerprint density at radius 3 is 2.68 bits per heavy atom. The zero-order valence-electron chi connectivity index (χ0n) is 12.6. The number of aliphatic hydroxyl groups is 1. The van der Waals surface area contributed by atoms with E-state index < -0.39 is 24.3 Å². The average molecular weight is 373 g/mol. The molecular formula is C16H21BrO5. The van der Waals surface area contributed by atoms with Gasteiger partial charge in [-0.2, -0.15) is 0 Å². The first-order valence-electron chi connectivity index (χ1n) is 7.41. The molecule has 1 aromatic carbocycles. The summed E-state index contributed by atoms with van der Waals surface area (Å²) in [7, 11) is 0. The van der Waals surface area contributed by atoms with Crippen LogP contribution in [0.1, 0.15) is 19.4 Å². The Kier molecular flexibility index (Phi) is 4.87. The van der Waals surface area contributed by atoms with Gasteiger partial charge in [-0.1, -0.05) is 46.3 Å². The lowest BCUT2D eigenvalue weighted by molar-refractivity contribution is -0.228. The summed E-state index contributed by atoms with van der Waals surface area (Å²) in [6.45, 7) is 4.13. The van der Waals surface area contributed by atoms with Crippen molar-refractivity contribution in [3.8, 4) is 0 Å². The van der Waals surface area contributed by atoms with Crippen molar-refractivity contribution in [2.45, 2.75) is 56.9 Å². The van der Waals surface area contributed by atoms with E-state index in [1.807, 2.05) is 44.2 Å². The van der Waals surface area contributed by atoms with Crippen LogP contribution in [0.25, 0.3) is 0 Å². The minimum absolute atomic E-state index is 0.336. The Hall–Kier alpha value is -0.500. The van der Waals surface area contributed by atoms with Crippen molar-refractivity contribution in [3.63, 3.8) is 0 Å². The fraction of sp³-hybridized carbons (Fsp3) is 0.625. The van der Waals surface area contributed by atoms with E-state index >= 15 is 0 Å². The average Bonchev–Trinajstić information content (AvgIpc) is 2.97. The highest BCUT2D eigenvalue weighted by atomic mass is 79.9. The second-order valence-corrected chi connectivity index (χ2v) is 6.70. The monoisotopic (exact) mass is 372 g/mol. The fourth-order valence-electron chi connectivity index (χ4n) is 2.86. The van der Waals surface area contributed by atoms with Crippen molar-refractivity contribution in [2.24, 2.45) is 0 Å². The highest BCUT2D eigenvalue weighted by Crippen LogP contribution is 2.40. The molecule has 22 heavy (non-hydrogen) atoms. The van der Waals surface area contributed by atoms with Gasteiger partial charge in [0.15, 0.2) is 12.1 Å². The molecule has 0 bridgehead atoms. The third-order valence-corrected chi connectivity index (χ3v) is 4.51. The van der Waals surface area contributed by atoms with E-state index in [-0.39, 0.29) is 12.2 Å². The zero-order valence-corrected chi connectivity index (χ0v) is 14.2. The maximum Gasteiger partial charge on any atom is 0.190 e. The molecule has 3 rings (SSSR count). The van der Waals surface area contributed by atoms with E-state index in [2.05, 4.69) is 15.9 Å². The number of hydrogen-bond donors (Lipinski definition) is 1. The molecule has 0 saturated carbocycles. The first kappa shape index (κ1) is 16.4. The minimum atomic E-state index is -0.700. The topological polar surface area (TPSA) is 57.2 Å². The lowest BCUT2D eigenvalue weighted by atomic mass is 10.1. The maximum absolute atomic E-state index is 10.1. The summed E-state index contributed by atoms with van der Waals surface area (Å²) in [6.07, 6.45) is -2.37. The molecule has 0 aromatic heterocycles. The molecule has 0 amide bonds. The number of hydrogen-bond acceptors (Lipinski definition) is 5. The quantitative estimate of drug-likeness (QED) is 0.803. The molecule has 2 aliphatic rings. The number of fused-ring (bicyclic) bond motifs is 1. The summed E-state index contributed by atoms with van der Waals surface area (Å²) in [4.78, 5) is 0. The third kappa shape index (κ3) is 3.37. The SMILES string of the molecule is CC1(C)O[C@H]2O[C@H]([C@H](O)CBr)[C@@H](OCc3ccccc3)[C@H]2O1. The van der Waals surface area contributed by atoms with Crippen LogP contribution in [0.2, 0.25) is 0 Å². The lowest BCUT2D eigenvalue weighted by Crippen LogP contribution is -2.43. The Morgan fingerprint density at radius 1 is 1.27 bits per heavy atom. The van der Waals surface area contributed by atoms with Gasteiger partial charge in [-0.05, 0) is 19.4 Å². The zero-order chi connectivity index (χ0) is 15.7. The van der Waals surface area contributed by atoms with Gasteiger partial charge in [0.05, 0.1) is 12.7 Å². The number of benzene rings is 1. The Balaban J connectivity index is 1.71. The molecule has 0 radical (unpaired) electrons. The van der Waals surface area contributed by atoms with Gasteiger partial charge in [0.2, 0.25) is 0 Å². The van der Waals surface area contributed by atoms with E-state index in [0.29, 0.717) is 11.9 Å². The van der Waals surface area contributed by atoms with Gasteiger partial charge in [0, 0.05) is 5.33 Å². The van der Waals surface area contributed by atoms with Crippen LogP contribution < -0.4 is 0 Å². The molecule has 6 heteroatoms. The van der Waals surface area contributed by atoms with Crippen LogP contribution in [0.4, 0.5) is 0 Å². The molecule has 2 fully saturated rings. The summed E-state index contributed by atoms with van der Waals surface area (Å²) in [5.41, 5.74) is 1.07. The Bertz CT molecular complexity index is 495. The van der Waals surface area contributed by atoms with Gasteiger partial charge >= 0.3 is 0 Å². The molecule has 2 aliphatic heterocycles. The molecule has 122 valence electrons. The molecule has 5 atom stereocenters. The van der Waals surface area contributed by atoms with Gasteiger partial charge in [-0.15, -0.1) is 0 Å². The van der Waals surface area contributed by atoms with Crippen LogP contribution in [-0.4, -0.2) is 46.9 Å². The van der Waals surface area contributed by atoms with Crippen LogP contribution in [0, 0.1) is 0 Å². The number of alkyl halides is 1. The molecule has 1 N–H and O–H groups in total. The van der Waals surface area contributed by atoms with Crippen LogP contribution in [-0.2, 0) is 25.6 Å². The molecule has 1 aromatic rings.